The quantitative estimate of drug-likeness (QED) is 0.826. The Hall–Kier alpha value is -1.99. The fourth-order valence-electron chi connectivity index (χ4n) is 2.60. The first-order valence-electron chi connectivity index (χ1n) is 7.37. The van der Waals surface area contributed by atoms with E-state index in [1.54, 1.807) is 24.0 Å². The molecule has 2 heterocycles. The molecule has 0 unspecified atom stereocenters. The summed E-state index contributed by atoms with van der Waals surface area (Å²) in [6.07, 6.45) is 0. The number of hydrogen-bond donors (Lipinski definition) is 0. The average molecular weight is 371 g/mol. The van der Waals surface area contributed by atoms with Crippen LogP contribution in [0, 0.1) is 6.92 Å². The second-order valence-corrected chi connectivity index (χ2v) is 6.13. The molecule has 2 aromatic rings. The number of carbonyl (C=O) groups excluding carboxylic acids is 1. The van der Waals surface area contributed by atoms with Crippen LogP contribution < -0.4 is 9.64 Å². The zero-order chi connectivity index (χ0) is 17.3. The van der Waals surface area contributed by atoms with Crippen LogP contribution in [0.2, 0.25) is 10.0 Å². The molecule has 1 fully saturated rings. The highest BCUT2D eigenvalue weighted by atomic mass is 35.5. The van der Waals surface area contributed by atoms with Gasteiger partial charge in [0.2, 0.25) is 5.89 Å². The van der Waals surface area contributed by atoms with Crippen LogP contribution >= 0.6 is 23.2 Å². The van der Waals surface area contributed by atoms with E-state index in [1.165, 1.54) is 7.11 Å². The van der Waals surface area contributed by atoms with Gasteiger partial charge in [0, 0.05) is 33.1 Å². The Labute approximate surface area is 149 Å². The van der Waals surface area contributed by atoms with Gasteiger partial charge in [-0.1, -0.05) is 28.3 Å². The number of amides is 1. The number of methoxy groups -OCH3 is 1. The van der Waals surface area contributed by atoms with E-state index >= 15 is 0 Å². The molecule has 128 valence electrons. The molecule has 1 aliphatic rings. The summed E-state index contributed by atoms with van der Waals surface area (Å²) < 4.78 is 10.7. The van der Waals surface area contributed by atoms with Crippen LogP contribution in [0.5, 0.6) is 5.75 Å². The van der Waals surface area contributed by atoms with Crippen LogP contribution in [0.25, 0.3) is 0 Å². The predicted molar refractivity (Wildman–Crippen MR) is 90.2 cm³/mol. The van der Waals surface area contributed by atoms with Crippen LogP contribution in [0.1, 0.15) is 16.2 Å². The summed E-state index contributed by atoms with van der Waals surface area (Å²) in [5, 5.41) is 8.49. The molecule has 9 heteroatoms. The van der Waals surface area contributed by atoms with Gasteiger partial charge in [0.25, 0.3) is 5.91 Å². The number of aryl methyl sites for hydroxylation is 1. The number of benzene rings is 1. The maximum Gasteiger partial charge on any atom is 0.318 e. The molecule has 0 bridgehead atoms. The number of anilines is 1. The fourth-order valence-corrected chi connectivity index (χ4v) is 3.07. The molecule has 1 aromatic heterocycles. The van der Waals surface area contributed by atoms with E-state index in [-0.39, 0.29) is 11.5 Å². The molecule has 0 atom stereocenters. The highest BCUT2D eigenvalue weighted by Gasteiger charge is 2.28. The SMILES string of the molecule is COc1c(Cl)ccc(Cl)c1C(=O)N1CCN(c2nnc(C)o2)CC1. The van der Waals surface area contributed by atoms with Crippen molar-refractivity contribution in [1.29, 1.82) is 0 Å². The number of rotatable bonds is 3. The van der Waals surface area contributed by atoms with E-state index in [0.29, 0.717) is 53.9 Å². The molecule has 24 heavy (non-hydrogen) atoms. The van der Waals surface area contributed by atoms with Gasteiger partial charge in [-0.25, -0.2) is 0 Å². The Kier molecular flexibility index (Phi) is 4.82. The Morgan fingerprint density at radius 2 is 1.83 bits per heavy atom. The Morgan fingerprint density at radius 3 is 2.42 bits per heavy atom. The predicted octanol–water partition coefficient (Wildman–Crippen LogP) is 2.66. The van der Waals surface area contributed by atoms with Crippen LogP contribution in [-0.2, 0) is 0 Å². The number of halogens is 2. The summed E-state index contributed by atoms with van der Waals surface area (Å²) in [6, 6.07) is 3.67. The Balaban J connectivity index is 1.75. The van der Waals surface area contributed by atoms with E-state index in [1.807, 2.05) is 4.90 Å². The van der Waals surface area contributed by atoms with Gasteiger partial charge in [-0.2, -0.15) is 0 Å². The van der Waals surface area contributed by atoms with Gasteiger partial charge in [-0.15, -0.1) is 5.10 Å². The second-order valence-electron chi connectivity index (χ2n) is 5.32. The summed E-state index contributed by atoms with van der Waals surface area (Å²) in [7, 11) is 1.46. The smallest absolute Gasteiger partial charge is 0.318 e. The first kappa shape index (κ1) is 16.9. The number of nitrogens with zero attached hydrogens (tertiary/aromatic N) is 4. The third kappa shape index (κ3) is 3.14. The molecule has 0 saturated carbocycles. The lowest BCUT2D eigenvalue weighted by Crippen LogP contribution is -2.49. The van der Waals surface area contributed by atoms with Crippen molar-refractivity contribution in [1.82, 2.24) is 15.1 Å². The highest BCUT2D eigenvalue weighted by molar-refractivity contribution is 6.37. The first-order chi connectivity index (χ1) is 11.5. The van der Waals surface area contributed by atoms with Crippen molar-refractivity contribution in [3.63, 3.8) is 0 Å². The number of ether oxygens (including phenoxy) is 1. The van der Waals surface area contributed by atoms with Crippen molar-refractivity contribution in [2.75, 3.05) is 38.2 Å². The van der Waals surface area contributed by atoms with Gasteiger partial charge in [0.15, 0.2) is 5.75 Å². The summed E-state index contributed by atoms with van der Waals surface area (Å²) in [4.78, 5) is 16.5. The van der Waals surface area contributed by atoms with E-state index < -0.39 is 0 Å². The molecule has 1 aromatic carbocycles. The molecule has 1 amide bonds. The third-order valence-electron chi connectivity index (χ3n) is 3.83. The largest absolute Gasteiger partial charge is 0.494 e. The second kappa shape index (κ2) is 6.86. The van der Waals surface area contributed by atoms with Crippen molar-refractivity contribution < 1.29 is 13.9 Å². The minimum atomic E-state index is -0.208. The third-order valence-corrected chi connectivity index (χ3v) is 4.44. The minimum Gasteiger partial charge on any atom is -0.494 e. The van der Waals surface area contributed by atoms with Crippen LogP contribution in [0.3, 0.4) is 0 Å². The zero-order valence-corrected chi connectivity index (χ0v) is 14.8. The number of piperazine rings is 1. The van der Waals surface area contributed by atoms with Crippen LogP contribution in [-0.4, -0.2) is 54.3 Å². The zero-order valence-electron chi connectivity index (χ0n) is 13.3. The molecule has 0 radical (unpaired) electrons. The fraction of sp³-hybridized carbons (Fsp3) is 0.400. The summed E-state index contributed by atoms with van der Waals surface area (Å²) >= 11 is 12.3. The molecule has 0 aliphatic carbocycles. The van der Waals surface area contributed by atoms with Crippen molar-refractivity contribution >= 4 is 35.1 Å². The van der Waals surface area contributed by atoms with Crippen molar-refractivity contribution in [3.8, 4) is 5.75 Å². The van der Waals surface area contributed by atoms with E-state index in [9.17, 15) is 4.79 Å². The molecular weight excluding hydrogens is 355 g/mol. The van der Waals surface area contributed by atoms with E-state index in [4.69, 9.17) is 32.4 Å². The molecule has 3 rings (SSSR count). The summed E-state index contributed by atoms with van der Waals surface area (Å²) in [5.41, 5.74) is 0.286. The van der Waals surface area contributed by atoms with Gasteiger partial charge in [-0.05, 0) is 12.1 Å². The summed E-state index contributed by atoms with van der Waals surface area (Å²) in [5.74, 6) is 0.601. The maximum absolute atomic E-state index is 12.8. The van der Waals surface area contributed by atoms with Crippen LogP contribution in [0.4, 0.5) is 6.01 Å². The van der Waals surface area contributed by atoms with Crippen molar-refractivity contribution in [2.45, 2.75) is 6.92 Å². The highest BCUT2D eigenvalue weighted by Crippen LogP contribution is 2.35. The monoisotopic (exact) mass is 370 g/mol. The molecular formula is C15H16Cl2N4O3. The number of carbonyl (C=O) groups is 1. The number of hydrogen-bond acceptors (Lipinski definition) is 6. The average Bonchev–Trinajstić information content (AvgIpc) is 3.02. The summed E-state index contributed by atoms with van der Waals surface area (Å²) in [6.45, 7) is 3.93. The normalized spacial score (nSPS) is 14.8. The lowest BCUT2D eigenvalue weighted by molar-refractivity contribution is 0.0741. The van der Waals surface area contributed by atoms with Crippen molar-refractivity contribution in [3.05, 3.63) is 33.6 Å². The molecule has 1 saturated heterocycles. The molecule has 7 nitrogen and oxygen atoms in total. The van der Waals surface area contributed by atoms with E-state index in [0.717, 1.165) is 0 Å². The van der Waals surface area contributed by atoms with Gasteiger partial charge in [0.1, 0.15) is 5.56 Å². The minimum absolute atomic E-state index is 0.208. The van der Waals surface area contributed by atoms with Gasteiger partial charge >= 0.3 is 6.01 Å². The lowest BCUT2D eigenvalue weighted by atomic mass is 10.1. The maximum atomic E-state index is 12.8. The first-order valence-corrected chi connectivity index (χ1v) is 8.13. The topological polar surface area (TPSA) is 71.7 Å². The molecule has 1 aliphatic heterocycles. The number of aromatic nitrogens is 2. The standard InChI is InChI=1S/C15H16Cl2N4O3/c1-9-18-19-15(24-9)21-7-5-20(6-8-21)14(22)12-10(16)3-4-11(17)13(12)23-2/h3-4H,5-8H2,1-2H3. The van der Waals surface area contributed by atoms with Gasteiger partial charge in [0.05, 0.1) is 17.2 Å². The van der Waals surface area contributed by atoms with Gasteiger partial charge < -0.3 is 19.0 Å². The Bertz CT molecular complexity index is 757. The molecule has 0 N–H and O–H groups in total. The lowest BCUT2D eigenvalue weighted by Gasteiger charge is -2.34. The Morgan fingerprint density at radius 1 is 1.17 bits per heavy atom. The van der Waals surface area contributed by atoms with Crippen molar-refractivity contribution in [2.24, 2.45) is 0 Å². The van der Waals surface area contributed by atoms with E-state index in [2.05, 4.69) is 10.2 Å². The molecule has 0 spiro atoms. The van der Waals surface area contributed by atoms with Gasteiger partial charge in [-0.3, -0.25) is 4.79 Å². The van der Waals surface area contributed by atoms with Crippen LogP contribution in [0.15, 0.2) is 16.5 Å².